The third-order valence-corrected chi connectivity index (χ3v) is 3.21. The van der Waals surface area contributed by atoms with Crippen LogP contribution in [0.25, 0.3) is 0 Å². The first-order chi connectivity index (χ1) is 4.68. The average Bonchev–Trinajstić information content (AvgIpc) is 1.88. The standard InChI is InChI=1S/C6H13ClNOP/c1-4-9-5-6-10(7)8(2)3/h5-6H,4H2,1-3H3/b6-5+. The number of nitrogens with zero attached hydrogens (tertiary/aromatic N) is 1. The van der Waals surface area contributed by atoms with Gasteiger partial charge in [-0.3, -0.25) is 4.67 Å². The summed E-state index contributed by atoms with van der Waals surface area (Å²) in [4.78, 5) is 0. The van der Waals surface area contributed by atoms with Crippen LogP contribution in [0.15, 0.2) is 12.1 Å². The van der Waals surface area contributed by atoms with Gasteiger partial charge in [0.15, 0.2) is 0 Å². The number of ether oxygens (including phenoxy) is 1. The van der Waals surface area contributed by atoms with Gasteiger partial charge in [-0.15, -0.1) is 0 Å². The maximum atomic E-state index is 5.88. The van der Waals surface area contributed by atoms with E-state index in [0.29, 0.717) is 6.61 Å². The summed E-state index contributed by atoms with van der Waals surface area (Å²) in [5.74, 6) is 1.86. The quantitative estimate of drug-likeness (QED) is 0.488. The molecule has 1 atom stereocenters. The van der Waals surface area contributed by atoms with E-state index < -0.39 is 7.43 Å². The summed E-state index contributed by atoms with van der Waals surface area (Å²) in [5, 5.41) is 0. The Hall–Kier alpha value is 0.220. The molecule has 0 aromatic heterocycles. The van der Waals surface area contributed by atoms with Crippen molar-refractivity contribution in [1.82, 2.24) is 4.67 Å². The topological polar surface area (TPSA) is 12.5 Å². The van der Waals surface area contributed by atoms with Crippen LogP contribution in [0.5, 0.6) is 0 Å². The lowest BCUT2D eigenvalue weighted by atomic mass is 10.9. The van der Waals surface area contributed by atoms with Gasteiger partial charge in [0.2, 0.25) is 0 Å². The lowest BCUT2D eigenvalue weighted by Crippen LogP contribution is -1.98. The van der Waals surface area contributed by atoms with Crippen molar-refractivity contribution in [1.29, 1.82) is 0 Å². The molecule has 0 radical (unpaired) electrons. The highest BCUT2D eigenvalue weighted by Crippen LogP contribution is 2.44. The maximum Gasteiger partial charge on any atom is 0.0896 e. The Morgan fingerprint density at radius 2 is 2.20 bits per heavy atom. The molecule has 0 saturated heterocycles. The monoisotopic (exact) mass is 181 g/mol. The molecule has 0 heterocycles. The SMILES string of the molecule is CCO/C=C/P(Cl)N(C)C. The lowest BCUT2D eigenvalue weighted by molar-refractivity contribution is 0.270. The molecule has 4 heteroatoms. The van der Waals surface area contributed by atoms with Crippen LogP contribution in [0, 0.1) is 0 Å². The van der Waals surface area contributed by atoms with Crippen LogP contribution in [0.1, 0.15) is 6.92 Å². The van der Waals surface area contributed by atoms with Gasteiger partial charge in [-0.25, -0.2) is 0 Å². The fraction of sp³-hybridized carbons (Fsp3) is 0.667. The van der Waals surface area contributed by atoms with Crippen molar-refractivity contribution in [2.45, 2.75) is 6.92 Å². The Kier molecular flexibility index (Phi) is 6.10. The van der Waals surface area contributed by atoms with Gasteiger partial charge in [0.1, 0.15) is 0 Å². The van der Waals surface area contributed by atoms with E-state index >= 15 is 0 Å². The Bertz CT molecular complexity index is 108. The summed E-state index contributed by atoms with van der Waals surface area (Å²) in [6, 6.07) is 0. The number of hydrogen-bond donors (Lipinski definition) is 0. The van der Waals surface area contributed by atoms with Crippen LogP contribution in [0.2, 0.25) is 0 Å². The molecule has 0 rings (SSSR count). The van der Waals surface area contributed by atoms with E-state index in [1.54, 1.807) is 6.26 Å². The molecular formula is C6H13ClNOP. The highest BCUT2D eigenvalue weighted by Gasteiger charge is 1.99. The summed E-state index contributed by atoms with van der Waals surface area (Å²) >= 11 is 5.88. The summed E-state index contributed by atoms with van der Waals surface area (Å²) in [6.07, 6.45) is 1.65. The third kappa shape index (κ3) is 5.04. The molecule has 0 aliphatic rings. The molecule has 0 saturated carbocycles. The van der Waals surface area contributed by atoms with Crippen LogP contribution in [0.4, 0.5) is 0 Å². The minimum absolute atomic E-state index is 0.651. The van der Waals surface area contributed by atoms with Crippen LogP contribution in [-0.2, 0) is 4.74 Å². The first kappa shape index (κ1) is 10.2. The summed E-state index contributed by atoms with van der Waals surface area (Å²) < 4.78 is 6.93. The number of halogens is 1. The number of rotatable bonds is 4. The molecule has 1 unspecified atom stereocenters. The molecular weight excluding hydrogens is 168 g/mol. The van der Waals surface area contributed by atoms with Crippen LogP contribution < -0.4 is 0 Å². The molecule has 60 valence electrons. The molecule has 0 aromatic carbocycles. The Labute approximate surface area is 68.4 Å². The number of hydrogen-bond acceptors (Lipinski definition) is 2. The summed E-state index contributed by atoms with van der Waals surface area (Å²) in [6.45, 7) is 2.64. The zero-order chi connectivity index (χ0) is 7.98. The predicted molar refractivity (Wildman–Crippen MR) is 47.2 cm³/mol. The highest BCUT2D eigenvalue weighted by atomic mass is 35.7. The Morgan fingerprint density at radius 3 is 2.60 bits per heavy atom. The maximum absolute atomic E-state index is 5.88. The minimum Gasteiger partial charge on any atom is -0.501 e. The van der Waals surface area contributed by atoms with Gasteiger partial charge < -0.3 is 4.74 Å². The van der Waals surface area contributed by atoms with E-state index in [0.717, 1.165) is 0 Å². The molecule has 0 aliphatic heterocycles. The molecule has 0 N–H and O–H groups in total. The van der Waals surface area contributed by atoms with Crippen LogP contribution >= 0.6 is 18.7 Å². The van der Waals surface area contributed by atoms with Gasteiger partial charge in [0.05, 0.1) is 20.3 Å². The second kappa shape index (κ2) is 5.96. The van der Waals surface area contributed by atoms with E-state index in [1.807, 2.05) is 31.5 Å². The first-order valence-corrected chi connectivity index (χ1v) is 5.36. The predicted octanol–water partition coefficient (Wildman–Crippen LogP) is 2.61. The van der Waals surface area contributed by atoms with Crippen molar-refractivity contribution in [2.24, 2.45) is 0 Å². The first-order valence-electron chi connectivity index (χ1n) is 3.09. The van der Waals surface area contributed by atoms with E-state index in [4.69, 9.17) is 16.0 Å². The Morgan fingerprint density at radius 1 is 1.60 bits per heavy atom. The second-order valence-electron chi connectivity index (χ2n) is 1.88. The van der Waals surface area contributed by atoms with Gasteiger partial charge in [0.25, 0.3) is 0 Å². The van der Waals surface area contributed by atoms with Gasteiger partial charge in [-0.1, -0.05) is 11.2 Å². The van der Waals surface area contributed by atoms with Crippen molar-refractivity contribution in [3.05, 3.63) is 12.1 Å². The molecule has 0 bridgehead atoms. The summed E-state index contributed by atoms with van der Waals surface area (Å²) in [5.41, 5.74) is 0. The average molecular weight is 182 g/mol. The van der Waals surface area contributed by atoms with Crippen molar-refractivity contribution in [2.75, 3.05) is 20.7 Å². The van der Waals surface area contributed by atoms with Gasteiger partial charge in [0, 0.05) is 5.82 Å². The van der Waals surface area contributed by atoms with E-state index in [9.17, 15) is 0 Å². The van der Waals surface area contributed by atoms with Gasteiger partial charge in [-0.2, -0.15) is 0 Å². The van der Waals surface area contributed by atoms with Gasteiger partial charge in [-0.05, 0) is 21.0 Å². The zero-order valence-electron chi connectivity index (χ0n) is 6.54. The molecule has 0 fully saturated rings. The zero-order valence-corrected chi connectivity index (χ0v) is 8.19. The van der Waals surface area contributed by atoms with Gasteiger partial charge >= 0.3 is 0 Å². The molecule has 10 heavy (non-hydrogen) atoms. The smallest absolute Gasteiger partial charge is 0.0896 e. The Balaban J connectivity index is 3.45. The van der Waals surface area contributed by atoms with Crippen LogP contribution in [-0.4, -0.2) is 25.4 Å². The van der Waals surface area contributed by atoms with Crippen molar-refractivity contribution in [3.8, 4) is 0 Å². The fourth-order valence-corrected chi connectivity index (χ4v) is 0.914. The van der Waals surface area contributed by atoms with Crippen molar-refractivity contribution in [3.63, 3.8) is 0 Å². The normalized spacial score (nSPS) is 14.5. The van der Waals surface area contributed by atoms with Crippen molar-refractivity contribution >= 4 is 18.7 Å². The highest BCUT2D eigenvalue weighted by molar-refractivity contribution is 7.84. The van der Waals surface area contributed by atoms with Crippen molar-refractivity contribution < 1.29 is 4.74 Å². The lowest BCUT2D eigenvalue weighted by Gasteiger charge is -2.11. The van der Waals surface area contributed by atoms with E-state index in [1.165, 1.54) is 0 Å². The van der Waals surface area contributed by atoms with Crippen LogP contribution in [0.3, 0.4) is 0 Å². The molecule has 0 aromatic rings. The minimum atomic E-state index is -0.651. The third-order valence-electron chi connectivity index (χ3n) is 0.829. The molecule has 2 nitrogen and oxygen atoms in total. The largest absolute Gasteiger partial charge is 0.501 e. The summed E-state index contributed by atoms with van der Waals surface area (Å²) in [7, 11) is 3.23. The molecule has 0 spiro atoms. The van der Waals surface area contributed by atoms with E-state index in [2.05, 4.69) is 0 Å². The molecule has 0 aliphatic carbocycles. The van der Waals surface area contributed by atoms with E-state index in [-0.39, 0.29) is 0 Å². The fourth-order valence-electron chi connectivity index (χ4n) is 0.323. The second-order valence-corrected chi connectivity index (χ2v) is 4.59. The molecule has 0 amide bonds.